The van der Waals surface area contributed by atoms with Crippen LogP contribution in [0.5, 0.6) is 0 Å². The van der Waals surface area contributed by atoms with Gasteiger partial charge in [0.1, 0.15) is 11.6 Å². The van der Waals surface area contributed by atoms with Crippen LogP contribution in [0.3, 0.4) is 0 Å². The molecular weight excluding hydrogens is 236 g/mol. The second kappa shape index (κ2) is 5.73. The van der Waals surface area contributed by atoms with Crippen molar-refractivity contribution in [3.63, 3.8) is 0 Å². The van der Waals surface area contributed by atoms with Crippen molar-refractivity contribution in [3.05, 3.63) is 53.6 Å². The number of rotatable bonds is 5. The maximum atomic E-state index is 13.5. The molecule has 1 N–H and O–H groups in total. The Bertz CT molecular complexity index is 523. The third kappa shape index (κ3) is 2.92. The van der Waals surface area contributed by atoms with Crippen LogP contribution in [0.15, 0.2) is 30.7 Å². The Morgan fingerprint density at radius 1 is 1.33 bits per heavy atom. The van der Waals surface area contributed by atoms with E-state index in [1.807, 2.05) is 6.92 Å². The van der Waals surface area contributed by atoms with Crippen LogP contribution in [0, 0.1) is 11.6 Å². The molecule has 1 aromatic carbocycles. The molecule has 0 spiro atoms. The molecule has 5 heteroatoms. The number of hydrogen-bond acceptors (Lipinski definition) is 2. The van der Waals surface area contributed by atoms with Gasteiger partial charge >= 0.3 is 0 Å². The summed E-state index contributed by atoms with van der Waals surface area (Å²) in [5.41, 5.74) is 1.27. The molecule has 2 rings (SSSR count). The van der Waals surface area contributed by atoms with Gasteiger partial charge in [0.15, 0.2) is 0 Å². The van der Waals surface area contributed by atoms with Gasteiger partial charge in [-0.3, -0.25) is 0 Å². The number of hydrogen-bond donors (Lipinski definition) is 1. The highest BCUT2D eigenvalue weighted by Gasteiger charge is 2.07. The molecule has 2 aromatic rings. The van der Waals surface area contributed by atoms with E-state index in [1.54, 1.807) is 17.1 Å². The molecule has 0 atom stereocenters. The second-order valence-electron chi connectivity index (χ2n) is 4.03. The quantitative estimate of drug-likeness (QED) is 0.883. The Balaban J connectivity index is 2.18. The summed E-state index contributed by atoms with van der Waals surface area (Å²) in [7, 11) is 0. The fraction of sp³-hybridized carbons (Fsp3) is 0.308. The average Bonchev–Trinajstić information content (AvgIpc) is 2.79. The largest absolute Gasteiger partial charge is 0.329 e. The van der Waals surface area contributed by atoms with Gasteiger partial charge in [0.25, 0.3) is 0 Å². The molecule has 3 nitrogen and oxygen atoms in total. The van der Waals surface area contributed by atoms with E-state index in [1.165, 1.54) is 6.07 Å². The van der Waals surface area contributed by atoms with Crippen LogP contribution >= 0.6 is 0 Å². The Labute approximate surface area is 104 Å². The smallest absolute Gasteiger partial charge is 0.128 e. The van der Waals surface area contributed by atoms with Crippen molar-refractivity contribution in [3.8, 4) is 0 Å². The molecule has 0 fully saturated rings. The number of nitrogens with one attached hydrogen (secondary N) is 1. The average molecular weight is 251 g/mol. The molecule has 0 saturated carbocycles. The van der Waals surface area contributed by atoms with Gasteiger partial charge in [-0.1, -0.05) is 6.92 Å². The van der Waals surface area contributed by atoms with Crippen LogP contribution in [-0.2, 0) is 13.1 Å². The van der Waals surface area contributed by atoms with E-state index in [2.05, 4.69) is 10.3 Å². The van der Waals surface area contributed by atoms with Gasteiger partial charge in [-0.15, -0.1) is 0 Å². The van der Waals surface area contributed by atoms with Gasteiger partial charge in [0.05, 0.1) is 18.6 Å². The van der Waals surface area contributed by atoms with Gasteiger partial charge < -0.3 is 9.88 Å². The molecular formula is C13H15F2N3. The van der Waals surface area contributed by atoms with Gasteiger partial charge in [-0.25, -0.2) is 13.8 Å². The fourth-order valence-corrected chi connectivity index (χ4v) is 1.74. The highest BCUT2D eigenvalue weighted by atomic mass is 19.1. The molecule has 1 heterocycles. The molecule has 0 aliphatic carbocycles. The minimum Gasteiger partial charge on any atom is -0.329 e. The lowest BCUT2D eigenvalue weighted by Gasteiger charge is -2.09. The third-order valence-electron chi connectivity index (χ3n) is 2.70. The van der Waals surface area contributed by atoms with Crippen molar-refractivity contribution in [2.24, 2.45) is 0 Å². The van der Waals surface area contributed by atoms with E-state index in [0.29, 0.717) is 12.1 Å². The van der Waals surface area contributed by atoms with Crippen LogP contribution < -0.4 is 5.32 Å². The van der Waals surface area contributed by atoms with Crippen molar-refractivity contribution in [2.45, 2.75) is 20.0 Å². The van der Waals surface area contributed by atoms with Crippen LogP contribution in [-0.4, -0.2) is 16.1 Å². The molecule has 0 aliphatic heterocycles. The predicted octanol–water partition coefficient (Wildman–Crippen LogP) is 2.32. The van der Waals surface area contributed by atoms with Crippen LogP contribution in [0.1, 0.15) is 18.2 Å². The highest BCUT2D eigenvalue weighted by Crippen LogP contribution is 2.12. The Morgan fingerprint density at radius 3 is 2.94 bits per heavy atom. The lowest BCUT2D eigenvalue weighted by atomic mass is 10.2. The molecule has 18 heavy (non-hydrogen) atoms. The van der Waals surface area contributed by atoms with Crippen molar-refractivity contribution in [2.75, 3.05) is 6.54 Å². The lowest BCUT2D eigenvalue weighted by molar-refractivity contribution is 0.570. The Hall–Kier alpha value is -1.75. The summed E-state index contributed by atoms with van der Waals surface area (Å²) in [5.74, 6) is -0.834. The molecule has 0 amide bonds. The van der Waals surface area contributed by atoms with Crippen LogP contribution in [0.25, 0.3) is 0 Å². The summed E-state index contributed by atoms with van der Waals surface area (Å²) in [4.78, 5) is 4.03. The normalized spacial score (nSPS) is 10.8. The molecule has 0 bridgehead atoms. The standard InChI is InChI=1S/C13H15F2N3/c1-2-16-6-12-7-17-9-18(12)8-10-5-11(14)3-4-13(10)15/h3-5,7,9,16H,2,6,8H2,1H3. The van der Waals surface area contributed by atoms with Gasteiger partial charge in [-0.05, 0) is 24.7 Å². The third-order valence-corrected chi connectivity index (χ3v) is 2.70. The summed E-state index contributed by atoms with van der Waals surface area (Å²) >= 11 is 0. The molecule has 0 aliphatic rings. The molecule has 0 radical (unpaired) electrons. The zero-order chi connectivity index (χ0) is 13.0. The minimum absolute atomic E-state index is 0.282. The monoisotopic (exact) mass is 251 g/mol. The van der Waals surface area contributed by atoms with Crippen molar-refractivity contribution in [1.29, 1.82) is 0 Å². The van der Waals surface area contributed by atoms with Crippen molar-refractivity contribution in [1.82, 2.24) is 14.9 Å². The SMILES string of the molecule is CCNCc1cncn1Cc1cc(F)ccc1F. The lowest BCUT2D eigenvalue weighted by Crippen LogP contribution is -2.15. The number of nitrogens with zero attached hydrogens (tertiary/aromatic N) is 2. The first kappa shape index (κ1) is 12.7. The van der Waals surface area contributed by atoms with Gasteiger partial charge in [0, 0.05) is 18.3 Å². The van der Waals surface area contributed by atoms with E-state index >= 15 is 0 Å². The number of imidazole rings is 1. The van der Waals surface area contributed by atoms with Gasteiger partial charge in [0.2, 0.25) is 0 Å². The maximum absolute atomic E-state index is 13.5. The zero-order valence-corrected chi connectivity index (χ0v) is 10.2. The van der Waals surface area contributed by atoms with E-state index in [4.69, 9.17) is 0 Å². The Kier molecular flexibility index (Phi) is 4.04. The summed E-state index contributed by atoms with van der Waals surface area (Å²) in [5, 5.41) is 3.17. The fourth-order valence-electron chi connectivity index (χ4n) is 1.74. The summed E-state index contributed by atoms with van der Waals surface area (Å²) in [6, 6.07) is 3.48. The second-order valence-corrected chi connectivity index (χ2v) is 4.03. The van der Waals surface area contributed by atoms with E-state index in [-0.39, 0.29) is 6.54 Å². The first-order valence-corrected chi connectivity index (χ1v) is 5.84. The van der Waals surface area contributed by atoms with E-state index in [9.17, 15) is 8.78 Å². The maximum Gasteiger partial charge on any atom is 0.128 e. The van der Waals surface area contributed by atoms with Gasteiger partial charge in [-0.2, -0.15) is 0 Å². The number of halogens is 2. The molecule has 0 saturated heterocycles. The van der Waals surface area contributed by atoms with Crippen molar-refractivity contribution < 1.29 is 8.78 Å². The van der Waals surface area contributed by atoms with E-state index < -0.39 is 11.6 Å². The Morgan fingerprint density at radius 2 is 2.17 bits per heavy atom. The number of aromatic nitrogens is 2. The summed E-state index contributed by atoms with van der Waals surface area (Å²) in [6.45, 7) is 3.80. The number of benzene rings is 1. The first-order valence-electron chi connectivity index (χ1n) is 5.84. The minimum atomic E-state index is -0.431. The van der Waals surface area contributed by atoms with Crippen molar-refractivity contribution >= 4 is 0 Å². The molecule has 96 valence electrons. The highest BCUT2D eigenvalue weighted by molar-refractivity contribution is 5.19. The van der Waals surface area contributed by atoms with Crippen LogP contribution in [0.2, 0.25) is 0 Å². The van der Waals surface area contributed by atoms with E-state index in [0.717, 1.165) is 24.4 Å². The molecule has 1 aromatic heterocycles. The zero-order valence-electron chi connectivity index (χ0n) is 10.2. The topological polar surface area (TPSA) is 29.9 Å². The summed E-state index contributed by atoms with van der Waals surface area (Å²) in [6.07, 6.45) is 3.34. The molecule has 0 unspecified atom stereocenters. The van der Waals surface area contributed by atoms with Crippen LogP contribution in [0.4, 0.5) is 8.78 Å². The first-order chi connectivity index (χ1) is 8.70. The predicted molar refractivity (Wildman–Crippen MR) is 65.1 cm³/mol. The summed E-state index contributed by atoms with van der Waals surface area (Å²) < 4.78 is 28.4.